The quantitative estimate of drug-likeness (QED) is 0.651. The molecule has 1 heterocycles. The van der Waals surface area contributed by atoms with Gasteiger partial charge >= 0.3 is 0 Å². The van der Waals surface area contributed by atoms with Gasteiger partial charge in [0.2, 0.25) is 0 Å². The number of methoxy groups -OCH3 is 1. The number of anilines is 3. The first-order valence-electron chi connectivity index (χ1n) is 5.93. The van der Waals surface area contributed by atoms with Crippen LogP contribution in [-0.4, -0.2) is 30.4 Å². The number of hydrogen-bond donors (Lipinski definition) is 2. The molecule has 21 heavy (non-hydrogen) atoms. The van der Waals surface area contributed by atoms with Crippen LogP contribution in [0.1, 0.15) is 5.56 Å². The molecule has 7 nitrogen and oxygen atoms in total. The molecule has 0 radical (unpaired) electrons. The molecule has 0 saturated heterocycles. The molecule has 0 aliphatic rings. The summed E-state index contributed by atoms with van der Waals surface area (Å²) in [4.78, 5) is 12.7. The molecule has 0 aliphatic carbocycles. The topological polar surface area (TPSA) is 94.7 Å². The Morgan fingerprint density at radius 1 is 1.33 bits per heavy atom. The molecule has 0 spiro atoms. The minimum atomic E-state index is 0.272. The minimum absolute atomic E-state index is 0.272. The van der Waals surface area contributed by atoms with Crippen LogP contribution >= 0.6 is 11.6 Å². The maximum Gasteiger partial charge on any atom is 0.145 e. The van der Waals surface area contributed by atoms with Crippen molar-refractivity contribution < 1.29 is 9.57 Å². The summed E-state index contributed by atoms with van der Waals surface area (Å²) in [5.41, 5.74) is 6.97. The van der Waals surface area contributed by atoms with Crippen LogP contribution in [0.25, 0.3) is 0 Å². The van der Waals surface area contributed by atoms with E-state index in [2.05, 4.69) is 25.3 Å². The first kappa shape index (κ1) is 14.9. The van der Waals surface area contributed by atoms with Crippen LogP contribution in [0.3, 0.4) is 0 Å². The van der Waals surface area contributed by atoms with Gasteiger partial charge in [0.15, 0.2) is 0 Å². The van der Waals surface area contributed by atoms with Crippen LogP contribution in [0.2, 0.25) is 5.02 Å². The van der Waals surface area contributed by atoms with Crippen molar-refractivity contribution in [3.05, 3.63) is 35.1 Å². The summed E-state index contributed by atoms with van der Waals surface area (Å²) in [7, 11) is 3.00. The van der Waals surface area contributed by atoms with Gasteiger partial charge in [-0.25, -0.2) is 9.97 Å². The zero-order chi connectivity index (χ0) is 15.2. The summed E-state index contributed by atoms with van der Waals surface area (Å²) >= 11 is 6.00. The van der Waals surface area contributed by atoms with Crippen molar-refractivity contribution in [2.24, 2.45) is 5.16 Å². The Hall–Kier alpha value is -2.54. The predicted molar refractivity (Wildman–Crippen MR) is 82.3 cm³/mol. The third-order valence-electron chi connectivity index (χ3n) is 2.62. The second-order valence-electron chi connectivity index (χ2n) is 3.91. The Kier molecular flexibility index (Phi) is 4.78. The fraction of sp³-hybridized carbons (Fsp3) is 0.154. The SMILES string of the molecule is CON=Cc1c(N)ncnc1Nc1cc(Cl)ccc1OC. The smallest absolute Gasteiger partial charge is 0.145 e. The number of aromatic nitrogens is 2. The van der Waals surface area contributed by atoms with E-state index in [0.717, 1.165) is 0 Å². The fourth-order valence-corrected chi connectivity index (χ4v) is 1.82. The summed E-state index contributed by atoms with van der Waals surface area (Å²) in [6.45, 7) is 0. The Balaban J connectivity index is 2.42. The minimum Gasteiger partial charge on any atom is -0.495 e. The summed E-state index contributed by atoms with van der Waals surface area (Å²) in [6, 6.07) is 5.20. The average molecular weight is 308 g/mol. The van der Waals surface area contributed by atoms with E-state index in [9.17, 15) is 0 Å². The highest BCUT2D eigenvalue weighted by Crippen LogP contribution is 2.31. The summed E-state index contributed by atoms with van der Waals surface area (Å²) in [5.74, 6) is 1.35. The van der Waals surface area contributed by atoms with Gasteiger partial charge in [-0.2, -0.15) is 0 Å². The zero-order valence-electron chi connectivity index (χ0n) is 11.5. The van der Waals surface area contributed by atoms with Gasteiger partial charge in [-0.15, -0.1) is 0 Å². The Labute approximate surface area is 126 Å². The van der Waals surface area contributed by atoms with Gasteiger partial charge in [-0.05, 0) is 18.2 Å². The molecule has 2 aromatic rings. The van der Waals surface area contributed by atoms with Gasteiger partial charge < -0.3 is 20.6 Å². The van der Waals surface area contributed by atoms with Crippen molar-refractivity contribution in [2.45, 2.75) is 0 Å². The number of halogens is 1. The van der Waals surface area contributed by atoms with Crippen LogP contribution < -0.4 is 15.8 Å². The Morgan fingerprint density at radius 3 is 2.86 bits per heavy atom. The highest BCUT2D eigenvalue weighted by atomic mass is 35.5. The van der Waals surface area contributed by atoms with Crippen molar-refractivity contribution >= 4 is 35.1 Å². The molecule has 110 valence electrons. The molecular weight excluding hydrogens is 294 g/mol. The van der Waals surface area contributed by atoms with Crippen LogP contribution in [0.15, 0.2) is 29.7 Å². The van der Waals surface area contributed by atoms with E-state index in [1.165, 1.54) is 19.7 Å². The number of nitrogen functional groups attached to an aromatic ring is 1. The molecule has 0 bridgehead atoms. The van der Waals surface area contributed by atoms with Gasteiger partial charge in [-0.3, -0.25) is 0 Å². The molecule has 0 atom stereocenters. The zero-order valence-corrected chi connectivity index (χ0v) is 12.3. The van der Waals surface area contributed by atoms with Crippen LogP contribution in [-0.2, 0) is 4.84 Å². The van der Waals surface area contributed by atoms with E-state index in [0.29, 0.717) is 27.8 Å². The third kappa shape index (κ3) is 3.51. The molecule has 2 rings (SSSR count). The molecule has 8 heteroatoms. The van der Waals surface area contributed by atoms with Crippen LogP contribution in [0, 0.1) is 0 Å². The van der Waals surface area contributed by atoms with Crippen LogP contribution in [0.5, 0.6) is 5.75 Å². The van der Waals surface area contributed by atoms with Gasteiger partial charge in [-0.1, -0.05) is 16.8 Å². The average Bonchev–Trinajstić information content (AvgIpc) is 2.47. The van der Waals surface area contributed by atoms with E-state index in [1.54, 1.807) is 25.3 Å². The van der Waals surface area contributed by atoms with E-state index in [-0.39, 0.29) is 5.82 Å². The van der Waals surface area contributed by atoms with Crippen molar-refractivity contribution in [1.29, 1.82) is 0 Å². The largest absolute Gasteiger partial charge is 0.495 e. The lowest BCUT2D eigenvalue weighted by molar-refractivity contribution is 0.215. The van der Waals surface area contributed by atoms with E-state index in [4.69, 9.17) is 22.1 Å². The fourth-order valence-electron chi connectivity index (χ4n) is 1.65. The Bertz CT molecular complexity index is 663. The second-order valence-corrected chi connectivity index (χ2v) is 4.34. The lowest BCUT2D eigenvalue weighted by Gasteiger charge is -2.13. The van der Waals surface area contributed by atoms with Crippen molar-refractivity contribution in [3.8, 4) is 5.75 Å². The maximum absolute atomic E-state index is 6.00. The number of hydrogen-bond acceptors (Lipinski definition) is 7. The second kappa shape index (κ2) is 6.76. The van der Waals surface area contributed by atoms with Gasteiger partial charge in [0, 0.05) is 5.02 Å². The van der Waals surface area contributed by atoms with E-state index >= 15 is 0 Å². The number of nitrogens with zero attached hydrogens (tertiary/aromatic N) is 3. The summed E-state index contributed by atoms with van der Waals surface area (Å²) < 4.78 is 5.27. The Morgan fingerprint density at radius 2 is 2.14 bits per heavy atom. The molecule has 0 amide bonds. The third-order valence-corrected chi connectivity index (χ3v) is 2.85. The van der Waals surface area contributed by atoms with E-state index < -0.39 is 0 Å². The van der Waals surface area contributed by atoms with Crippen molar-refractivity contribution in [1.82, 2.24) is 9.97 Å². The number of oxime groups is 1. The standard InChI is InChI=1S/C13H14ClN5O2/c1-20-11-4-3-8(14)5-10(11)19-13-9(6-18-21-2)12(15)16-7-17-13/h3-7H,1-2H3,(H3,15,16,17,19). The van der Waals surface area contributed by atoms with Crippen molar-refractivity contribution in [2.75, 3.05) is 25.3 Å². The van der Waals surface area contributed by atoms with Gasteiger partial charge in [0.05, 0.1) is 24.6 Å². The molecule has 1 aromatic heterocycles. The van der Waals surface area contributed by atoms with Gasteiger partial charge in [0.1, 0.15) is 30.8 Å². The summed E-state index contributed by atoms with van der Waals surface area (Å²) in [5, 5.41) is 7.34. The van der Waals surface area contributed by atoms with Crippen LogP contribution in [0.4, 0.5) is 17.3 Å². The monoisotopic (exact) mass is 307 g/mol. The molecule has 1 aromatic carbocycles. The molecule has 3 N–H and O–H groups in total. The number of benzene rings is 1. The van der Waals surface area contributed by atoms with E-state index in [1.807, 2.05) is 0 Å². The predicted octanol–water partition coefficient (Wildman–Crippen LogP) is 2.44. The first-order valence-corrected chi connectivity index (χ1v) is 6.31. The first-order chi connectivity index (χ1) is 10.2. The number of nitrogens with two attached hydrogens (primary N) is 1. The molecular formula is C13H14ClN5O2. The number of nitrogens with one attached hydrogen (secondary N) is 1. The van der Waals surface area contributed by atoms with Crippen molar-refractivity contribution in [3.63, 3.8) is 0 Å². The molecule has 0 saturated carbocycles. The van der Waals surface area contributed by atoms with Gasteiger partial charge in [0.25, 0.3) is 0 Å². The summed E-state index contributed by atoms with van der Waals surface area (Å²) in [6.07, 6.45) is 2.77. The lowest BCUT2D eigenvalue weighted by Crippen LogP contribution is -2.05. The highest BCUT2D eigenvalue weighted by molar-refractivity contribution is 6.31. The lowest BCUT2D eigenvalue weighted by atomic mass is 10.2. The highest BCUT2D eigenvalue weighted by Gasteiger charge is 2.11. The number of ether oxygens (including phenoxy) is 1. The normalized spacial score (nSPS) is 10.6. The molecule has 0 unspecified atom stereocenters. The maximum atomic E-state index is 6.00. The number of rotatable bonds is 5. The molecule has 0 aliphatic heterocycles. The molecule has 0 fully saturated rings.